The Hall–Kier alpha value is -2.74. The first kappa shape index (κ1) is 19.6. The highest BCUT2D eigenvalue weighted by atomic mass is 19.1. The van der Waals surface area contributed by atoms with Crippen molar-refractivity contribution in [2.75, 3.05) is 13.2 Å². The fourth-order valence-corrected chi connectivity index (χ4v) is 3.88. The van der Waals surface area contributed by atoms with E-state index in [1.807, 2.05) is 13.8 Å². The van der Waals surface area contributed by atoms with Gasteiger partial charge >= 0.3 is 0 Å². The van der Waals surface area contributed by atoms with Gasteiger partial charge in [-0.15, -0.1) is 0 Å². The Labute approximate surface area is 166 Å². The first-order valence-corrected chi connectivity index (χ1v) is 9.34. The Morgan fingerprint density at radius 1 is 1.14 bits per heavy atom. The summed E-state index contributed by atoms with van der Waals surface area (Å²) in [5, 5.41) is 28.7. The number of hydrogen-bond acceptors (Lipinski definition) is 5. The number of aromatic nitrogens is 1. The minimum Gasteiger partial charge on any atom is -0.491 e. The molecule has 0 radical (unpaired) electrons. The summed E-state index contributed by atoms with van der Waals surface area (Å²) in [7, 11) is 0. The van der Waals surface area contributed by atoms with E-state index >= 15 is 0 Å². The molecule has 0 amide bonds. The number of nitrogens with one attached hydrogen (secondary N) is 1. The summed E-state index contributed by atoms with van der Waals surface area (Å²) in [6.45, 7) is 3.17. The molecule has 4 rings (SSSR count). The summed E-state index contributed by atoms with van der Waals surface area (Å²) in [4.78, 5) is 16.5. The van der Waals surface area contributed by atoms with E-state index in [0.29, 0.717) is 33.5 Å². The lowest BCUT2D eigenvalue weighted by Gasteiger charge is -2.32. The van der Waals surface area contributed by atoms with E-state index in [0.717, 1.165) is 5.56 Å². The maximum Gasteiger partial charge on any atom is 0.195 e. The molecule has 7 heteroatoms. The lowest BCUT2D eigenvalue weighted by molar-refractivity contribution is -0.0339. The summed E-state index contributed by atoms with van der Waals surface area (Å²) in [5.41, 5.74) is 2.57. The molecule has 0 bridgehead atoms. The summed E-state index contributed by atoms with van der Waals surface area (Å²) in [6, 6.07) is 9.36. The average Bonchev–Trinajstić information content (AvgIpc) is 3.09. The fourth-order valence-electron chi connectivity index (χ4n) is 3.88. The largest absolute Gasteiger partial charge is 0.491 e. The second kappa shape index (κ2) is 6.95. The van der Waals surface area contributed by atoms with Crippen LogP contribution < -0.4 is 4.74 Å². The molecule has 1 aromatic heterocycles. The maximum atomic E-state index is 13.8. The van der Waals surface area contributed by atoms with Crippen LogP contribution in [0.3, 0.4) is 0 Å². The Balaban J connectivity index is 1.74. The predicted molar refractivity (Wildman–Crippen MR) is 105 cm³/mol. The van der Waals surface area contributed by atoms with Crippen molar-refractivity contribution < 1.29 is 29.2 Å². The van der Waals surface area contributed by atoms with Gasteiger partial charge in [-0.3, -0.25) is 4.79 Å². The summed E-state index contributed by atoms with van der Waals surface area (Å²) < 4.78 is 19.3. The fraction of sp³-hybridized carbons (Fsp3) is 0.318. The van der Waals surface area contributed by atoms with Gasteiger partial charge in [0.25, 0.3) is 0 Å². The van der Waals surface area contributed by atoms with Crippen molar-refractivity contribution in [1.82, 2.24) is 4.98 Å². The van der Waals surface area contributed by atoms with Gasteiger partial charge in [-0.2, -0.15) is 0 Å². The first-order chi connectivity index (χ1) is 13.7. The number of ketones is 1. The molecule has 3 aromatic rings. The van der Waals surface area contributed by atoms with Gasteiger partial charge in [0.1, 0.15) is 30.4 Å². The average molecular weight is 399 g/mol. The zero-order chi connectivity index (χ0) is 20.9. The van der Waals surface area contributed by atoms with Crippen molar-refractivity contribution in [1.29, 1.82) is 0 Å². The van der Waals surface area contributed by atoms with E-state index in [-0.39, 0.29) is 12.4 Å². The highest BCUT2D eigenvalue weighted by molar-refractivity contribution is 6.20. The predicted octanol–water partition coefficient (Wildman–Crippen LogP) is 2.27. The van der Waals surface area contributed by atoms with Crippen LogP contribution >= 0.6 is 0 Å². The lowest BCUT2D eigenvalue weighted by Crippen LogP contribution is -2.34. The Kier molecular flexibility index (Phi) is 4.69. The minimum atomic E-state index is -1.29. The molecule has 0 aliphatic heterocycles. The van der Waals surface area contributed by atoms with E-state index in [4.69, 9.17) is 9.84 Å². The number of aliphatic hydroxyl groups is 3. The SMILES string of the molecule is CC1(C)c2cc(OC[C@@H](O)[C@H](O)CO)ccc2C(=O)c2c1[nH]c1ccc(F)cc21. The molecule has 0 saturated heterocycles. The van der Waals surface area contributed by atoms with Crippen LogP contribution in [0.15, 0.2) is 36.4 Å². The van der Waals surface area contributed by atoms with Crippen LogP contribution in [-0.2, 0) is 5.41 Å². The van der Waals surface area contributed by atoms with Crippen molar-refractivity contribution in [2.24, 2.45) is 0 Å². The Morgan fingerprint density at radius 3 is 2.62 bits per heavy atom. The van der Waals surface area contributed by atoms with Crippen LogP contribution in [0.5, 0.6) is 5.75 Å². The number of halogens is 1. The third-order valence-electron chi connectivity index (χ3n) is 5.57. The van der Waals surface area contributed by atoms with Crippen LogP contribution in [0.2, 0.25) is 0 Å². The highest BCUT2D eigenvalue weighted by Crippen LogP contribution is 2.44. The molecule has 0 fully saturated rings. The van der Waals surface area contributed by atoms with Crippen molar-refractivity contribution in [3.05, 3.63) is 64.6 Å². The third-order valence-corrected chi connectivity index (χ3v) is 5.57. The molecule has 0 unspecified atom stereocenters. The van der Waals surface area contributed by atoms with Gasteiger partial charge in [0.2, 0.25) is 0 Å². The number of hydrogen-bond donors (Lipinski definition) is 4. The quantitative estimate of drug-likeness (QED) is 0.527. The molecule has 1 aliphatic rings. The number of ether oxygens (including phenoxy) is 1. The molecule has 2 atom stereocenters. The molecule has 6 nitrogen and oxygen atoms in total. The second-order valence-electron chi connectivity index (χ2n) is 7.85. The van der Waals surface area contributed by atoms with Crippen molar-refractivity contribution in [3.8, 4) is 5.75 Å². The Bertz CT molecular complexity index is 1100. The molecule has 2 aromatic carbocycles. The molecule has 0 spiro atoms. The van der Waals surface area contributed by atoms with Gasteiger partial charge in [0.05, 0.1) is 12.2 Å². The van der Waals surface area contributed by atoms with Crippen molar-refractivity contribution in [2.45, 2.75) is 31.5 Å². The van der Waals surface area contributed by atoms with E-state index in [1.54, 1.807) is 24.3 Å². The topological polar surface area (TPSA) is 103 Å². The van der Waals surface area contributed by atoms with E-state index in [2.05, 4.69) is 4.98 Å². The Morgan fingerprint density at radius 2 is 1.90 bits per heavy atom. The molecule has 152 valence electrons. The van der Waals surface area contributed by atoms with Crippen LogP contribution in [0, 0.1) is 5.82 Å². The molecule has 0 saturated carbocycles. The standard InChI is InChI=1S/C22H22FNO5/c1-22(2)15-8-12(29-10-18(27)17(26)9-25)4-5-13(15)20(28)19-14-7-11(23)3-6-16(14)24-21(19)22/h3-8,17-18,24-27H,9-10H2,1-2H3/t17-,18-/m1/s1. The lowest BCUT2D eigenvalue weighted by atomic mass is 9.71. The number of aliphatic hydroxyl groups excluding tert-OH is 3. The van der Waals surface area contributed by atoms with Gasteiger partial charge in [-0.05, 0) is 42.0 Å². The van der Waals surface area contributed by atoms with Gasteiger partial charge < -0.3 is 25.0 Å². The number of carbonyl (C=O) groups excluding carboxylic acids is 1. The number of H-pyrrole nitrogens is 1. The van der Waals surface area contributed by atoms with Gasteiger partial charge in [0.15, 0.2) is 5.78 Å². The first-order valence-electron chi connectivity index (χ1n) is 9.34. The molecule has 4 N–H and O–H groups in total. The number of fused-ring (bicyclic) bond motifs is 4. The van der Waals surface area contributed by atoms with E-state index in [9.17, 15) is 19.4 Å². The van der Waals surface area contributed by atoms with E-state index < -0.39 is 30.0 Å². The summed E-state index contributed by atoms with van der Waals surface area (Å²) in [6.07, 6.45) is -2.53. The minimum absolute atomic E-state index is 0.187. The third kappa shape index (κ3) is 3.11. The zero-order valence-corrected chi connectivity index (χ0v) is 16.1. The summed E-state index contributed by atoms with van der Waals surface area (Å²) >= 11 is 0. The maximum absolute atomic E-state index is 13.8. The normalized spacial score (nSPS) is 17.0. The molecular weight excluding hydrogens is 377 g/mol. The highest BCUT2D eigenvalue weighted by Gasteiger charge is 2.40. The summed E-state index contributed by atoms with van der Waals surface area (Å²) in [5.74, 6) is -0.157. The number of aromatic amines is 1. The van der Waals surface area contributed by atoms with Crippen LogP contribution in [0.1, 0.15) is 41.0 Å². The zero-order valence-electron chi connectivity index (χ0n) is 16.1. The molecule has 1 aliphatic carbocycles. The number of benzene rings is 2. The van der Waals surface area contributed by atoms with Gasteiger partial charge in [0, 0.05) is 27.6 Å². The smallest absolute Gasteiger partial charge is 0.195 e. The van der Waals surface area contributed by atoms with Gasteiger partial charge in [-0.25, -0.2) is 4.39 Å². The molecule has 1 heterocycles. The number of rotatable bonds is 5. The van der Waals surface area contributed by atoms with Crippen LogP contribution in [0.4, 0.5) is 4.39 Å². The van der Waals surface area contributed by atoms with Crippen molar-refractivity contribution in [3.63, 3.8) is 0 Å². The molecular formula is C22H22FNO5. The van der Waals surface area contributed by atoms with Crippen LogP contribution in [0.25, 0.3) is 10.9 Å². The monoisotopic (exact) mass is 399 g/mol. The van der Waals surface area contributed by atoms with Crippen LogP contribution in [-0.4, -0.2) is 51.5 Å². The van der Waals surface area contributed by atoms with E-state index in [1.165, 1.54) is 12.1 Å². The van der Waals surface area contributed by atoms with Crippen molar-refractivity contribution >= 4 is 16.7 Å². The number of carbonyl (C=O) groups is 1. The second-order valence-corrected chi connectivity index (χ2v) is 7.85. The molecule has 29 heavy (non-hydrogen) atoms. The van der Waals surface area contributed by atoms with Gasteiger partial charge in [-0.1, -0.05) is 13.8 Å².